The van der Waals surface area contributed by atoms with Crippen LogP contribution in [-0.2, 0) is 6.54 Å². The molecule has 7 nitrogen and oxygen atoms in total. The Morgan fingerprint density at radius 3 is 2.58 bits per heavy atom. The topological polar surface area (TPSA) is 81.4 Å². The predicted octanol–water partition coefficient (Wildman–Crippen LogP) is 0.807. The van der Waals surface area contributed by atoms with Crippen molar-refractivity contribution in [3.63, 3.8) is 0 Å². The molecule has 0 saturated carbocycles. The van der Waals surface area contributed by atoms with E-state index in [1.807, 2.05) is 12.1 Å². The highest BCUT2D eigenvalue weighted by atomic mass is 16.5. The van der Waals surface area contributed by atoms with Crippen molar-refractivity contribution in [3.8, 4) is 5.75 Å². The van der Waals surface area contributed by atoms with Gasteiger partial charge in [-0.15, -0.1) is 0 Å². The van der Waals surface area contributed by atoms with Gasteiger partial charge in [0.25, 0.3) is 5.56 Å². The molecular formula is C19H24N4O3. The van der Waals surface area contributed by atoms with E-state index in [-0.39, 0.29) is 5.56 Å². The van der Waals surface area contributed by atoms with Crippen molar-refractivity contribution in [1.82, 2.24) is 19.8 Å². The minimum Gasteiger partial charge on any atom is -0.497 e. The molecule has 2 saturated heterocycles. The number of aromatic amines is 2. The van der Waals surface area contributed by atoms with Crippen molar-refractivity contribution in [2.75, 3.05) is 33.8 Å². The number of hydrogen-bond acceptors (Lipinski definition) is 5. The maximum Gasteiger partial charge on any atom is 0.325 e. The lowest BCUT2D eigenvalue weighted by atomic mass is 9.89. The van der Waals surface area contributed by atoms with E-state index in [9.17, 15) is 9.59 Å². The summed E-state index contributed by atoms with van der Waals surface area (Å²) in [6.45, 7) is 3.60. The van der Waals surface area contributed by atoms with E-state index in [1.54, 1.807) is 7.11 Å². The van der Waals surface area contributed by atoms with Crippen LogP contribution in [0.3, 0.4) is 0 Å². The number of hydrogen-bond donors (Lipinski definition) is 2. The standard InChI is InChI=1S/C19H24N4O3/c1-22-8-13-9-23(10-14-7-17(24)21-19(25)20-14)11-16(13)18(22)12-3-5-15(26-2)6-4-12/h3-7,13,16,18H,8-11H2,1-2H3,(H2,20,21,24,25)/t13-,16+,18-/m0/s1. The summed E-state index contributed by atoms with van der Waals surface area (Å²) in [5.74, 6) is 2.01. The Balaban J connectivity index is 1.50. The van der Waals surface area contributed by atoms with Gasteiger partial charge in [0.05, 0.1) is 7.11 Å². The Morgan fingerprint density at radius 2 is 1.88 bits per heavy atom. The fraction of sp³-hybridized carbons (Fsp3) is 0.474. The summed E-state index contributed by atoms with van der Waals surface area (Å²) in [4.78, 5) is 32.7. The molecule has 4 rings (SSSR count). The van der Waals surface area contributed by atoms with E-state index in [0.29, 0.717) is 30.1 Å². The third-order valence-corrected chi connectivity index (χ3v) is 5.64. The summed E-state index contributed by atoms with van der Waals surface area (Å²) in [5, 5.41) is 0. The lowest BCUT2D eigenvalue weighted by Crippen LogP contribution is -2.31. The SMILES string of the molecule is COc1ccc([C@H]2[C@@H]3CN(Cc4cc(=O)[nH]c(=O)[nH]4)C[C@@H]3CN2C)cc1. The van der Waals surface area contributed by atoms with Gasteiger partial charge in [0, 0.05) is 44.0 Å². The molecule has 1 aromatic carbocycles. The van der Waals surface area contributed by atoms with Gasteiger partial charge in [-0.3, -0.25) is 19.6 Å². The fourth-order valence-electron chi connectivity index (χ4n) is 4.63. The van der Waals surface area contributed by atoms with Gasteiger partial charge in [-0.1, -0.05) is 12.1 Å². The van der Waals surface area contributed by atoms with E-state index in [0.717, 1.165) is 25.4 Å². The van der Waals surface area contributed by atoms with Gasteiger partial charge in [0.15, 0.2) is 0 Å². The number of benzene rings is 1. The number of methoxy groups -OCH3 is 1. The molecular weight excluding hydrogens is 332 g/mol. The van der Waals surface area contributed by atoms with Crippen LogP contribution >= 0.6 is 0 Å². The number of ether oxygens (including phenoxy) is 1. The van der Waals surface area contributed by atoms with Crippen LogP contribution in [0.5, 0.6) is 5.75 Å². The Morgan fingerprint density at radius 1 is 1.12 bits per heavy atom. The first-order valence-electron chi connectivity index (χ1n) is 8.92. The average Bonchev–Trinajstić information content (AvgIpc) is 3.09. The molecule has 2 aliphatic heterocycles. The monoisotopic (exact) mass is 356 g/mol. The molecule has 2 aliphatic rings. The lowest BCUT2D eigenvalue weighted by molar-refractivity contribution is 0.223. The molecule has 7 heteroatoms. The molecule has 0 unspecified atom stereocenters. The molecule has 2 N–H and O–H groups in total. The summed E-state index contributed by atoms with van der Waals surface area (Å²) in [5.41, 5.74) is 1.20. The highest BCUT2D eigenvalue weighted by molar-refractivity contribution is 5.30. The minimum atomic E-state index is -0.442. The molecule has 0 aliphatic carbocycles. The van der Waals surface area contributed by atoms with Crippen LogP contribution in [0.25, 0.3) is 0 Å². The lowest BCUT2D eigenvalue weighted by Gasteiger charge is -2.27. The molecule has 0 radical (unpaired) electrons. The molecule has 3 heterocycles. The Bertz CT molecular complexity index is 860. The van der Waals surface area contributed by atoms with Crippen molar-refractivity contribution >= 4 is 0 Å². The Labute approximate surface area is 151 Å². The number of nitrogens with zero attached hydrogens (tertiary/aromatic N) is 2. The highest BCUT2D eigenvalue weighted by Crippen LogP contribution is 2.44. The molecule has 0 spiro atoms. The number of likely N-dealkylation sites (tertiary alicyclic amines) is 2. The first-order valence-corrected chi connectivity index (χ1v) is 8.92. The third kappa shape index (κ3) is 3.20. The first-order chi connectivity index (χ1) is 12.5. The third-order valence-electron chi connectivity index (χ3n) is 5.64. The van der Waals surface area contributed by atoms with Crippen LogP contribution in [0, 0.1) is 11.8 Å². The largest absolute Gasteiger partial charge is 0.497 e. The van der Waals surface area contributed by atoms with Gasteiger partial charge in [-0.05, 0) is 36.6 Å². The number of H-pyrrole nitrogens is 2. The van der Waals surface area contributed by atoms with Crippen LogP contribution in [0.2, 0.25) is 0 Å². The van der Waals surface area contributed by atoms with Gasteiger partial charge in [-0.25, -0.2) is 4.79 Å². The average molecular weight is 356 g/mol. The van der Waals surface area contributed by atoms with Crippen LogP contribution in [0.15, 0.2) is 39.9 Å². The minimum absolute atomic E-state index is 0.348. The van der Waals surface area contributed by atoms with E-state index in [1.165, 1.54) is 11.6 Å². The molecule has 2 aromatic rings. The Kier molecular flexibility index (Phi) is 4.42. The molecule has 2 fully saturated rings. The number of fused-ring (bicyclic) bond motifs is 1. The predicted molar refractivity (Wildman–Crippen MR) is 98.3 cm³/mol. The highest BCUT2D eigenvalue weighted by Gasteiger charge is 2.45. The maximum absolute atomic E-state index is 11.5. The van der Waals surface area contributed by atoms with Crippen molar-refractivity contribution in [2.45, 2.75) is 12.6 Å². The van der Waals surface area contributed by atoms with E-state index < -0.39 is 5.69 Å². The quantitative estimate of drug-likeness (QED) is 0.847. The normalized spacial score (nSPS) is 26.2. The summed E-state index contributed by atoms with van der Waals surface area (Å²) >= 11 is 0. The fourth-order valence-corrected chi connectivity index (χ4v) is 4.63. The summed E-state index contributed by atoms with van der Waals surface area (Å²) in [6, 6.07) is 10.2. The van der Waals surface area contributed by atoms with Crippen molar-refractivity contribution < 1.29 is 4.74 Å². The van der Waals surface area contributed by atoms with Crippen molar-refractivity contribution in [3.05, 3.63) is 62.4 Å². The van der Waals surface area contributed by atoms with E-state index >= 15 is 0 Å². The van der Waals surface area contributed by atoms with Crippen LogP contribution < -0.4 is 16.0 Å². The summed E-state index contributed by atoms with van der Waals surface area (Å²) < 4.78 is 5.27. The number of rotatable bonds is 4. The van der Waals surface area contributed by atoms with Gasteiger partial charge in [-0.2, -0.15) is 0 Å². The van der Waals surface area contributed by atoms with E-state index in [4.69, 9.17) is 4.74 Å². The number of nitrogens with one attached hydrogen (secondary N) is 2. The first kappa shape index (κ1) is 17.1. The smallest absolute Gasteiger partial charge is 0.325 e. The molecule has 0 amide bonds. The van der Waals surface area contributed by atoms with E-state index in [2.05, 4.69) is 38.9 Å². The van der Waals surface area contributed by atoms with Gasteiger partial charge < -0.3 is 9.72 Å². The van der Waals surface area contributed by atoms with Crippen LogP contribution in [0.4, 0.5) is 0 Å². The second-order valence-electron chi connectivity index (χ2n) is 7.39. The molecule has 26 heavy (non-hydrogen) atoms. The zero-order valence-corrected chi connectivity index (χ0v) is 15.1. The molecule has 138 valence electrons. The van der Waals surface area contributed by atoms with Crippen molar-refractivity contribution in [1.29, 1.82) is 0 Å². The van der Waals surface area contributed by atoms with Crippen LogP contribution in [0.1, 0.15) is 17.3 Å². The molecule has 0 bridgehead atoms. The second kappa shape index (κ2) is 6.74. The summed E-state index contributed by atoms with van der Waals surface area (Å²) in [7, 11) is 3.87. The van der Waals surface area contributed by atoms with Gasteiger partial charge >= 0.3 is 5.69 Å². The van der Waals surface area contributed by atoms with Crippen LogP contribution in [-0.4, -0.2) is 53.6 Å². The summed E-state index contributed by atoms with van der Waals surface area (Å²) in [6.07, 6.45) is 0. The molecule has 3 atom stereocenters. The van der Waals surface area contributed by atoms with Gasteiger partial charge in [0.2, 0.25) is 0 Å². The zero-order valence-electron chi connectivity index (χ0n) is 15.1. The number of aromatic nitrogens is 2. The van der Waals surface area contributed by atoms with Gasteiger partial charge in [0.1, 0.15) is 5.75 Å². The Hall–Kier alpha value is -2.38. The zero-order chi connectivity index (χ0) is 18.3. The second-order valence-corrected chi connectivity index (χ2v) is 7.39. The van der Waals surface area contributed by atoms with Crippen molar-refractivity contribution in [2.24, 2.45) is 11.8 Å². The molecule has 1 aromatic heterocycles. The maximum atomic E-state index is 11.5.